The number of carbonyl (C=O) groups excluding carboxylic acids is 1. The summed E-state index contributed by atoms with van der Waals surface area (Å²) in [7, 11) is -15.7. The molecule has 0 aromatic heterocycles. The number of phosphoric acid groups is 2. The topological polar surface area (TPSA) is 177 Å². The molecule has 0 aliphatic rings. The van der Waals surface area contributed by atoms with Crippen molar-refractivity contribution in [3.05, 3.63) is 94.8 Å². The van der Waals surface area contributed by atoms with Gasteiger partial charge in [-0.1, -0.05) is 66.7 Å². The Labute approximate surface area is 195 Å². The highest BCUT2D eigenvalue weighted by Crippen LogP contribution is 2.66. The number of benzene rings is 2. The highest BCUT2D eigenvalue weighted by atomic mass is 31.3. The molecule has 2 aromatic rings. The van der Waals surface area contributed by atoms with E-state index in [0.717, 1.165) is 11.6 Å². The van der Waals surface area contributed by atoms with E-state index in [2.05, 4.69) is 8.62 Å². The van der Waals surface area contributed by atoms with Gasteiger partial charge in [-0.2, -0.15) is 4.31 Å². The molecular weight excluding hydrogens is 509 g/mol. The Hall–Kier alpha value is -2.00. The molecule has 0 radical (unpaired) electrons. The zero-order valence-electron chi connectivity index (χ0n) is 17.8. The summed E-state index contributed by atoms with van der Waals surface area (Å²) in [6.07, 6.45) is 2.43. The lowest BCUT2D eigenvalue weighted by Crippen LogP contribution is -2.02. The minimum Gasteiger partial charge on any atom is -0.372 e. The highest BCUT2D eigenvalue weighted by Gasteiger charge is 2.38. The maximum atomic E-state index is 12.4. The summed E-state index contributed by atoms with van der Waals surface area (Å²) in [6.45, 7) is 2.04. The van der Waals surface area contributed by atoms with Gasteiger partial charge in [0.05, 0.1) is 13.2 Å². The second kappa shape index (κ2) is 12.1. The Morgan fingerprint density at radius 3 is 2.06 bits per heavy atom. The van der Waals surface area contributed by atoms with E-state index in [9.17, 15) is 23.4 Å². The van der Waals surface area contributed by atoms with Crippen molar-refractivity contribution >= 4 is 29.0 Å². The molecule has 2 atom stereocenters. The van der Waals surface area contributed by atoms with Crippen LogP contribution in [-0.2, 0) is 33.7 Å². The van der Waals surface area contributed by atoms with Crippen LogP contribution in [-0.4, -0.2) is 32.0 Å². The number of hydrogen-bond donors (Lipinski definition) is 4. The first-order valence-corrected chi connectivity index (χ1v) is 14.2. The fraction of sp³-hybridized carbons (Fsp3) is 0.150. The number of ketones is 1. The van der Waals surface area contributed by atoms with Crippen LogP contribution in [0.3, 0.4) is 0 Å². The normalized spacial score (nSPS) is 16.2. The summed E-state index contributed by atoms with van der Waals surface area (Å²) in [5.74, 6) is 0.458. The molecule has 2 rings (SSSR count). The van der Waals surface area contributed by atoms with Gasteiger partial charge >= 0.3 is 23.2 Å². The van der Waals surface area contributed by atoms with E-state index in [1.807, 2.05) is 6.07 Å². The molecule has 0 saturated heterocycles. The molecule has 4 N–H and O–H groups in total. The predicted octanol–water partition coefficient (Wildman–Crippen LogP) is 4.31. The third-order valence-electron chi connectivity index (χ3n) is 3.94. The Morgan fingerprint density at radius 1 is 0.882 bits per heavy atom. The quantitative estimate of drug-likeness (QED) is 0.174. The molecule has 0 bridgehead atoms. The average Bonchev–Trinajstić information content (AvgIpc) is 2.71. The van der Waals surface area contributed by atoms with Gasteiger partial charge in [-0.3, -0.25) is 9.36 Å². The van der Waals surface area contributed by atoms with Gasteiger partial charge in [0.1, 0.15) is 0 Å². The Kier molecular flexibility index (Phi) is 10.1. The molecule has 0 amide bonds. The third kappa shape index (κ3) is 10.5. The summed E-state index contributed by atoms with van der Waals surface area (Å²) in [4.78, 5) is 48.0. The Bertz CT molecular complexity index is 1180. The van der Waals surface area contributed by atoms with E-state index >= 15 is 0 Å². The molecule has 34 heavy (non-hydrogen) atoms. The molecule has 11 nitrogen and oxygen atoms in total. The van der Waals surface area contributed by atoms with Crippen LogP contribution in [0, 0.1) is 0 Å². The van der Waals surface area contributed by atoms with Gasteiger partial charge in [0.25, 0.3) is 0 Å². The van der Waals surface area contributed by atoms with Crippen LogP contribution in [0.1, 0.15) is 28.4 Å². The lowest BCUT2D eigenvalue weighted by molar-refractivity contribution is 0.103. The molecule has 0 fully saturated rings. The summed E-state index contributed by atoms with van der Waals surface area (Å²) < 4.78 is 46.6. The lowest BCUT2D eigenvalue weighted by atomic mass is 10.0. The van der Waals surface area contributed by atoms with E-state index in [4.69, 9.17) is 19.4 Å². The van der Waals surface area contributed by atoms with Gasteiger partial charge in [0.2, 0.25) is 0 Å². The van der Waals surface area contributed by atoms with Crippen LogP contribution in [0.25, 0.3) is 0 Å². The molecule has 0 aliphatic carbocycles. The first-order valence-electron chi connectivity index (χ1n) is 9.51. The van der Waals surface area contributed by atoms with Crippen LogP contribution >= 0.6 is 23.2 Å². The molecule has 2 aromatic carbocycles. The van der Waals surface area contributed by atoms with E-state index in [1.54, 1.807) is 55.5 Å². The second-order valence-electron chi connectivity index (χ2n) is 6.93. The Balaban J connectivity index is 1.84. The summed E-state index contributed by atoms with van der Waals surface area (Å²) in [5.41, 5.74) is 2.58. The van der Waals surface area contributed by atoms with Crippen molar-refractivity contribution < 1.29 is 51.4 Å². The Morgan fingerprint density at radius 2 is 1.47 bits per heavy atom. The van der Waals surface area contributed by atoms with Crippen molar-refractivity contribution in [1.82, 2.24) is 0 Å². The van der Waals surface area contributed by atoms with E-state index in [-0.39, 0.29) is 19.0 Å². The molecule has 14 heteroatoms. The van der Waals surface area contributed by atoms with Gasteiger partial charge < -0.3 is 24.3 Å². The molecule has 2 unspecified atom stereocenters. The minimum atomic E-state index is -5.47. The number of hydrogen-bond acceptors (Lipinski definition) is 7. The van der Waals surface area contributed by atoms with Gasteiger partial charge in [-0.25, -0.2) is 13.4 Å². The molecule has 0 saturated carbocycles. The van der Waals surface area contributed by atoms with Crippen LogP contribution in [0.2, 0.25) is 0 Å². The van der Waals surface area contributed by atoms with Crippen molar-refractivity contribution in [2.24, 2.45) is 0 Å². The molecular formula is C20H23O11P3. The number of rotatable bonds is 12. The van der Waals surface area contributed by atoms with Crippen LogP contribution < -0.4 is 0 Å². The van der Waals surface area contributed by atoms with Crippen molar-refractivity contribution in [3.8, 4) is 0 Å². The average molecular weight is 532 g/mol. The first kappa shape index (κ1) is 28.2. The van der Waals surface area contributed by atoms with Crippen molar-refractivity contribution in [1.29, 1.82) is 0 Å². The van der Waals surface area contributed by atoms with Gasteiger partial charge in [-0.15, -0.1) is 0 Å². The standard InChI is InChI=1S/C20H23O11P3/c1-16(6-5-13-32(22,23)30-34(27,28)31-33(24,25)26)14-29-15-17-9-11-19(12-10-17)20(21)18-7-3-2-4-8-18/h2-13H,14-15H2,1H3,(H,22,23)(H,27,28)(H2,24,25,26)/b13-5+,16-6+. The monoisotopic (exact) mass is 532 g/mol. The molecule has 0 aliphatic heterocycles. The third-order valence-corrected chi connectivity index (χ3v) is 7.92. The van der Waals surface area contributed by atoms with Crippen molar-refractivity contribution in [3.63, 3.8) is 0 Å². The van der Waals surface area contributed by atoms with E-state index in [1.165, 1.54) is 6.08 Å². The fourth-order valence-corrected chi connectivity index (χ4v) is 5.69. The number of ether oxygens (including phenoxy) is 1. The van der Waals surface area contributed by atoms with Crippen molar-refractivity contribution in [2.45, 2.75) is 13.5 Å². The van der Waals surface area contributed by atoms with Gasteiger partial charge in [0.15, 0.2) is 5.78 Å². The van der Waals surface area contributed by atoms with Gasteiger partial charge in [-0.05, 0) is 18.1 Å². The second-order valence-corrected chi connectivity index (χ2v) is 11.6. The maximum Gasteiger partial charge on any atom is 0.488 e. The summed E-state index contributed by atoms with van der Waals surface area (Å²) >= 11 is 0. The summed E-state index contributed by atoms with van der Waals surface area (Å²) in [5, 5.41) is 0. The molecule has 0 spiro atoms. The highest BCUT2D eigenvalue weighted by molar-refractivity contribution is 7.69. The number of carbonyl (C=O) groups is 1. The van der Waals surface area contributed by atoms with E-state index < -0.39 is 23.2 Å². The zero-order chi connectivity index (χ0) is 25.4. The van der Waals surface area contributed by atoms with Crippen LogP contribution in [0.15, 0.2) is 78.1 Å². The summed E-state index contributed by atoms with van der Waals surface area (Å²) in [6, 6.07) is 15.8. The van der Waals surface area contributed by atoms with Crippen molar-refractivity contribution in [2.75, 3.05) is 6.61 Å². The maximum absolute atomic E-state index is 12.4. The van der Waals surface area contributed by atoms with Gasteiger partial charge in [0, 0.05) is 16.9 Å². The first-order chi connectivity index (χ1) is 15.8. The SMILES string of the molecule is C/C(=C\C=C\P(=O)(O)OP(=O)(O)OP(=O)(O)O)COCc1ccc(C(=O)c2ccccc2)cc1. The van der Waals surface area contributed by atoms with Crippen LogP contribution in [0.5, 0.6) is 0 Å². The molecule has 0 heterocycles. The predicted molar refractivity (Wildman–Crippen MR) is 123 cm³/mol. The largest absolute Gasteiger partial charge is 0.488 e. The molecule has 184 valence electrons. The number of allylic oxidation sites excluding steroid dienone is 2. The minimum absolute atomic E-state index is 0.0883. The fourth-order valence-electron chi connectivity index (χ4n) is 2.53. The van der Waals surface area contributed by atoms with E-state index in [0.29, 0.717) is 22.5 Å². The zero-order valence-corrected chi connectivity index (χ0v) is 20.5. The lowest BCUT2D eigenvalue weighted by Gasteiger charge is -2.13. The smallest absolute Gasteiger partial charge is 0.372 e. The van der Waals surface area contributed by atoms with Crippen LogP contribution in [0.4, 0.5) is 0 Å².